The molecule has 1 aliphatic rings. The second-order valence-corrected chi connectivity index (χ2v) is 5.12. The summed E-state index contributed by atoms with van der Waals surface area (Å²) in [5.41, 5.74) is 0. The van der Waals surface area contributed by atoms with Crippen molar-refractivity contribution in [1.82, 2.24) is 9.97 Å². The molecule has 1 N–H and O–H groups in total. The maximum atomic E-state index is 6.24. The number of hydrogen-bond donors (Lipinski definition) is 1. The van der Waals surface area contributed by atoms with E-state index in [0.29, 0.717) is 17.0 Å². The normalized spacial score (nSPS) is 14.6. The van der Waals surface area contributed by atoms with E-state index in [2.05, 4.69) is 34.0 Å². The van der Waals surface area contributed by atoms with Gasteiger partial charge < -0.3 is 10.2 Å². The Morgan fingerprint density at radius 2 is 2.17 bits per heavy atom. The fraction of sp³-hybridized carbons (Fsp3) is 0.692. The quantitative estimate of drug-likeness (QED) is 0.824. The smallest absolute Gasteiger partial charge is 0.224 e. The maximum absolute atomic E-state index is 6.24. The first kappa shape index (κ1) is 13.4. The van der Waals surface area contributed by atoms with Crippen LogP contribution in [-0.2, 0) is 0 Å². The van der Waals surface area contributed by atoms with E-state index in [9.17, 15) is 0 Å². The summed E-state index contributed by atoms with van der Waals surface area (Å²) in [7, 11) is 0. The van der Waals surface area contributed by atoms with E-state index in [1.54, 1.807) is 6.20 Å². The molecule has 2 rings (SSSR count). The fourth-order valence-corrected chi connectivity index (χ4v) is 2.17. The maximum Gasteiger partial charge on any atom is 0.224 e. The van der Waals surface area contributed by atoms with Crippen LogP contribution in [0.2, 0.25) is 5.02 Å². The predicted octanol–water partition coefficient (Wildman–Crippen LogP) is 3.33. The molecule has 0 atom stereocenters. The Morgan fingerprint density at radius 3 is 2.78 bits per heavy atom. The van der Waals surface area contributed by atoms with Crippen molar-refractivity contribution in [1.29, 1.82) is 0 Å². The fourth-order valence-electron chi connectivity index (χ4n) is 1.97. The largest absolute Gasteiger partial charge is 0.354 e. The van der Waals surface area contributed by atoms with Gasteiger partial charge in [0.05, 0.1) is 6.20 Å². The van der Waals surface area contributed by atoms with Gasteiger partial charge in [-0.2, -0.15) is 4.98 Å². The van der Waals surface area contributed by atoms with E-state index in [0.717, 1.165) is 31.7 Å². The Morgan fingerprint density at radius 1 is 1.39 bits per heavy atom. The van der Waals surface area contributed by atoms with Gasteiger partial charge in [-0.1, -0.05) is 25.4 Å². The van der Waals surface area contributed by atoms with Crippen LogP contribution in [0.15, 0.2) is 6.20 Å². The first-order chi connectivity index (χ1) is 8.76. The van der Waals surface area contributed by atoms with E-state index in [-0.39, 0.29) is 0 Å². The summed E-state index contributed by atoms with van der Waals surface area (Å²) in [4.78, 5) is 11.1. The predicted molar refractivity (Wildman–Crippen MR) is 76.5 cm³/mol. The molecule has 1 aromatic heterocycles. The summed E-state index contributed by atoms with van der Waals surface area (Å²) < 4.78 is 0. The van der Waals surface area contributed by atoms with Gasteiger partial charge in [0, 0.05) is 19.1 Å². The summed E-state index contributed by atoms with van der Waals surface area (Å²) in [6, 6.07) is 0.622. The lowest BCUT2D eigenvalue weighted by Crippen LogP contribution is -2.28. The number of hydrogen-bond acceptors (Lipinski definition) is 4. The van der Waals surface area contributed by atoms with Crippen LogP contribution in [0.5, 0.6) is 0 Å². The number of aromatic nitrogens is 2. The molecular formula is C13H21ClN4. The Hall–Kier alpha value is -1.03. The van der Waals surface area contributed by atoms with Crippen molar-refractivity contribution >= 4 is 23.4 Å². The molecule has 0 bridgehead atoms. The molecule has 1 heterocycles. The van der Waals surface area contributed by atoms with Crippen molar-refractivity contribution < 1.29 is 0 Å². The summed E-state index contributed by atoms with van der Waals surface area (Å²) in [5.74, 6) is 1.56. The number of nitrogens with zero attached hydrogens (tertiary/aromatic N) is 3. The van der Waals surface area contributed by atoms with E-state index < -0.39 is 0 Å². The molecule has 0 amide bonds. The van der Waals surface area contributed by atoms with Crippen LogP contribution < -0.4 is 10.2 Å². The molecular weight excluding hydrogens is 248 g/mol. The van der Waals surface area contributed by atoms with E-state index in [1.807, 2.05) is 0 Å². The van der Waals surface area contributed by atoms with Crippen molar-refractivity contribution in [3.63, 3.8) is 0 Å². The van der Waals surface area contributed by atoms with Gasteiger partial charge in [0.2, 0.25) is 5.95 Å². The molecule has 0 saturated heterocycles. The molecule has 5 heteroatoms. The van der Waals surface area contributed by atoms with Crippen LogP contribution in [0.4, 0.5) is 11.8 Å². The van der Waals surface area contributed by atoms with Crippen LogP contribution in [0, 0.1) is 0 Å². The zero-order valence-corrected chi connectivity index (χ0v) is 11.9. The number of nitrogens with one attached hydrogen (secondary N) is 1. The highest BCUT2D eigenvalue weighted by Gasteiger charge is 2.30. The molecule has 4 nitrogen and oxygen atoms in total. The third-order valence-electron chi connectivity index (χ3n) is 2.98. The molecule has 1 aromatic rings. The van der Waals surface area contributed by atoms with Gasteiger partial charge in [-0.05, 0) is 25.7 Å². The summed E-state index contributed by atoms with van der Waals surface area (Å²) in [6.45, 7) is 6.20. The first-order valence-corrected chi connectivity index (χ1v) is 7.17. The third-order valence-corrected chi connectivity index (χ3v) is 3.25. The molecule has 0 radical (unpaired) electrons. The number of halogens is 1. The van der Waals surface area contributed by atoms with Crippen molar-refractivity contribution in [2.45, 2.75) is 45.6 Å². The Balaban J connectivity index is 2.17. The van der Waals surface area contributed by atoms with Crippen molar-refractivity contribution in [3.8, 4) is 0 Å². The number of rotatable bonds is 7. The molecule has 18 heavy (non-hydrogen) atoms. The molecule has 1 saturated carbocycles. The second-order valence-electron chi connectivity index (χ2n) is 4.72. The van der Waals surface area contributed by atoms with Gasteiger partial charge in [0.1, 0.15) is 5.02 Å². The molecule has 100 valence electrons. The lowest BCUT2D eigenvalue weighted by Gasteiger charge is -2.24. The van der Waals surface area contributed by atoms with Gasteiger partial charge in [-0.3, -0.25) is 0 Å². The first-order valence-electron chi connectivity index (χ1n) is 6.79. The minimum atomic E-state index is 0.622. The minimum Gasteiger partial charge on any atom is -0.354 e. The van der Waals surface area contributed by atoms with E-state index in [4.69, 9.17) is 11.6 Å². The Labute approximate surface area is 114 Å². The lowest BCUT2D eigenvalue weighted by molar-refractivity contribution is 0.748. The van der Waals surface area contributed by atoms with E-state index >= 15 is 0 Å². The van der Waals surface area contributed by atoms with Crippen molar-refractivity contribution in [2.24, 2.45) is 0 Å². The highest BCUT2D eigenvalue weighted by atomic mass is 35.5. The van der Waals surface area contributed by atoms with Gasteiger partial charge in [-0.15, -0.1) is 0 Å². The van der Waals surface area contributed by atoms with E-state index in [1.165, 1.54) is 12.8 Å². The highest BCUT2D eigenvalue weighted by Crippen LogP contribution is 2.34. The average molecular weight is 269 g/mol. The second kappa shape index (κ2) is 6.23. The lowest BCUT2D eigenvalue weighted by atomic mass is 10.3. The van der Waals surface area contributed by atoms with Crippen molar-refractivity contribution in [2.75, 3.05) is 23.3 Å². The Kier molecular flexibility index (Phi) is 4.64. The average Bonchev–Trinajstić information content (AvgIpc) is 3.20. The van der Waals surface area contributed by atoms with Gasteiger partial charge >= 0.3 is 0 Å². The summed E-state index contributed by atoms with van der Waals surface area (Å²) >= 11 is 6.24. The number of anilines is 2. The monoisotopic (exact) mass is 268 g/mol. The zero-order chi connectivity index (χ0) is 13.0. The molecule has 0 aromatic carbocycles. The van der Waals surface area contributed by atoms with Gasteiger partial charge in [-0.25, -0.2) is 4.98 Å². The van der Waals surface area contributed by atoms with Gasteiger partial charge in [0.15, 0.2) is 5.82 Å². The SMILES string of the molecule is CCCNc1ncc(Cl)c(N(CCC)C2CC2)n1. The van der Waals surface area contributed by atoms with Crippen LogP contribution >= 0.6 is 11.6 Å². The van der Waals surface area contributed by atoms with Crippen LogP contribution in [0.3, 0.4) is 0 Å². The molecule has 1 fully saturated rings. The molecule has 0 unspecified atom stereocenters. The topological polar surface area (TPSA) is 41.1 Å². The van der Waals surface area contributed by atoms with Crippen LogP contribution in [0.1, 0.15) is 39.5 Å². The molecule has 0 spiro atoms. The molecule has 0 aliphatic heterocycles. The Bertz CT molecular complexity index is 393. The summed E-state index contributed by atoms with van der Waals surface area (Å²) in [5, 5.41) is 3.86. The van der Waals surface area contributed by atoms with Crippen LogP contribution in [0.25, 0.3) is 0 Å². The minimum absolute atomic E-state index is 0.622. The molecule has 1 aliphatic carbocycles. The van der Waals surface area contributed by atoms with Gasteiger partial charge in [0.25, 0.3) is 0 Å². The standard InChI is InChI=1S/C13H21ClN4/c1-3-7-15-13-16-9-11(14)12(17-13)18(8-4-2)10-5-6-10/h9-10H,3-8H2,1-2H3,(H,15,16,17). The zero-order valence-electron chi connectivity index (χ0n) is 11.1. The summed E-state index contributed by atoms with van der Waals surface area (Å²) in [6.07, 6.45) is 6.36. The van der Waals surface area contributed by atoms with Crippen LogP contribution in [-0.4, -0.2) is 29.1 Å². The highest BCUT2D eigenvalue weighted by molar-refractivity contribution is 6.32. The van der Waals surface area contributed by atoms with Crippen molar-refractivity contribution in [3.05, 3.63) is 11.2 Å². The third kappa shape index (κ3) is 3.25.